The number of anilines is 2. The number of carbonyl (C=O) groups is 1. The zero-order valence-electron chi connectivity index (χ0n) is 19.4. The number of rotatable bonds is 9. The Bertz CT molecular complexity index is 1260. The van der Waals surface area contributed by atoms with Crippen LogP contribution in [0.4, 0.5) is 11.4 Å². The van der Waals surface area contributed by atoms with Gasteiger partial charge in [-0.2, -0.15) is 5.26 Å². The number of nitrogens with zero attached hydrogens (tertiary/aromatic N) is 3. The minimum atomic E-state index is -3.73. The van der Waals surface area contributed by atoms with Gasteiger partial charge in [0.15, 0.2) is 0 Å². The van der Waals surface area contributed by atoms with Crippen molar-refractivity contribution in [1.29, 1.82) is 5.26 Å². The van der Waals surface area contributed by atoms with Crippen molar-refractivity contribution in [1.82, 2.24) is 0 Å². The minimum Gasteiger partial charge on any atom is -0.494 e. The number of sulfonamides is 1. The molecule has 0 bridgehead atoms. The lowest BCUT2D eigenvalue weighted by Gasteiger charge is -2.23. The number of amides is 1. The zero-order chi connectivity index (χ0) is 24.7. The molecule has 0 atom stereocenters. The van der Waals surface area contributed by atoms with Gasteiger partial charge in [0.2, 0.25) is 0 Å². The fourth-order valence-electron chi connectivity index (χ4n) is 3.38. The largest absolute Gasteiger partial charge is 0.494 e. The van der Waals surface area contributed by atoms with Crippen molar-refractivity contribution >= 4 is 27.3 Å². The molecule has 0 N–H and O–H groups in total. The molecule has 0 aliphatic heterocycles. The van der Waals surface area contributed by atoms with Crippen LogP contribution in [0.2, 0.25) is 0 Å². The number of hydrogen-bond donors (Lipinski definition) is 0. The number of ether oxygens (including phenoxy) is 1. The second-order valence-electron chi connectivity index (χ2n) is 7.62. The fraction of sp³-hybridized carbons (Fsp3) is 0.231. The zero-order valence-corrected chi connectivity index (χ0v) is 20.2. The summed E-state index contributed by atoms with van der Waals surface area (Å²) in [6, 6.07) is 22.2. The van der Waals surface area contributed by atoms with Crippen LogP contribution in [0.25, 0.3) is 0 Å². The Labute approximate surface area is 200 Å². The van der Waals surface area contributed by atoms with Gasteiger partial charge in [0, 0.05) is 24.8 Å². The summed E-state index contributed by atoms with van der Waals surface area (Å²) in [6.07, 6.45) is 0.175. The van der Waals surface area contributed by atoms with Gasteiger partial charge in [-0.05, 0) is 74.5 Å². The third-order valence-corrected chi connectivity index (χ3v) is 7.11. The van der Waals surface area contributed by atoms with Crippen LogP contribution < -0.4 is 13.9 Å². The molecule has 1 amide bonds. The smallest absolute Gasteiger partial charge is 0.264 e. The Morgan fingerprint density at radius 1 is 0.941 bits per heavy atom. The molecular formula is C26H27N3O4S. The molecule has 0 spiro atoms. The van der Waals surface area contributed by atoms with Crippen LogP contribution in [0.3, 0.4) is 0 Å². The first-order valence-corrected chi connectivity index (χ1v) is 12.3. The molecule has 3 rings (SSSR count). The SMILES string of the molecule is CCOc1ccc(N(CCC#N)C(=O)c2ccc(N(C)S(=O)(=O)c3ccc(C)cc3)cc2)cc1. The number of nitriles is 1. The molecule has 176 valence electrons. The maximum atomic E-state index is 13.2. The molecule has 3 aromatic rings. The van der Waals surface area contributed by atoms with E-state index in [1.165, 1.54) is 16.3 Å². The maximum Gasteiger partial charge on any atom is 0.264 e. The lowest BCUT2D eigenvalue weighted by Crippen LogP contribution is -2.32. The summed E-state index contributed by atoms with van der Waals surface area (Å²) in [5.74, 6) is 0.413. The van der Waals surface area contributed by atoms with E-state index in [0.29, 0.717) is 29.3 Å². The van der Waals surface area contributed by atoms with Crippen LogP contribution >= 0.6 is 0 Å². The monoisotopic (exact) mass is 477 g/mol. The number of carbonyl (C=O) groups excluding carboxylic acids is 1. The first-order valence-electron chi connectivity index (χ1n) is 10.8. The number of aryl methyl sites for hydroxylation is 1. The summed E-state index contributed by atoms with van der Waals surface area (Å²) >= 11 is 0. The van der Waals surface area contributed by atoms with Crippen molar-refractivity contribution in [2.45, 2.75) is 25.2 Å². The molecule has 0 saturated carbocycles. The quantitative estimate of drug-likeness (QED) is 0.442. The average molecular weight is 478 g/mol. The highest BCUT2D eigenvalue weighted by molar-refractivity contribution is 7.92. The third kappa shape index (κ3) is 5.56. The molecule has 3 aromatic carbocycles. The summed E-state index contributed by atoms with van der Waals surface area (Å²) in [5, 5.41) is 9.04. The van der Waals surface area contributed by atoms with Crippen LogP contribution in [0.5, 0.6) is 5.75 Å². The van der Waals surface area contributed by atoms with Crippen molar-refractivity contribution in [2.24, 2.45) is 0 Å². The van der Waals surface area contributed by atoms with E-state index >= 15 is 0 Å². The van der Waals surface area contributed by atoms with E-state index in [-0.39, 0.29) is 23.8 Å². The van der Waals surface area contributed by atoms with E-state index < -0.39 is 10.0 Å². The molecule has 0 radical (unpaired) electrons. The van der Waals surface area contributed by atoms with Crippen molar-refractivity contribution in [3.05, 3.63) is 83.9 Å². The summed E-state index contributed by atoms with van der Waals surface area (Å²) in [6.45, 7) is 4.55. The molecule has 0 aromatic heterocycles. The van der Waals surface area contributed by atoms with E-state index in [0.717, 1.165) is 5.56 Å². The van der Waals surface area contributed by atoms with Crippen molar-refractivity contribution in [2.75, 3.05) is 29.4 Å². The Morgan fingerprint density at radius 2 is 1.53 bits per heavy atom. The van der Waals surface area contributed by atoms with Crippen molar-refractivity contribution in [3.63, 3.8) is 0 Å². The molecule has 0 unspecified atom stereocenters. The molecule has 0 aliphatic rings. The molecule has 0 saturated heterocycles. The van der Waals surface area contributed by atoms with E-state index in [4.69, 9.17) is 10.00 Å². The first-order chi connectivity index (χ1) is 16.3. The van der Waals surface area contributed by atoms with Gasteiger partial charge in [-0.25, -0.2) is 8.42 Å². The summed E-state index contributed by atoms with van der Waals surface area (Å²) in [4.78, 5) is 15.0. The molecule has 0 aliphatic carbocycles. The van der Waals surface area contributed by atoms with Gasteiger partial charge in [-0.15, -0.1) is 0 Å². The predicted molar refractivity (Wildman–Crippen MR) is 133 cm³/mol. The lowest BCUT2D eigenvalue weighted by molar-refractivity contribution is 0.0987. The second kappa shape index (κ2) is 10.9. The highest BCUT2D eigenvalue weighted by atomic mass is 32.2. The second-order valence-corrected chi connectivity index (χ2v) is 9.59. The Kier molecular flexibility index (Phi) is 7.92. The highest BCUT2D eigenvalue weighted by Gasteiger charge is 2.22. The van der Waals surface area contributed by atoms with E-state index in [1.54, 1.807) is 72.8 Å². The highest BCUT2D eigenvalue weighted by Crippen LogP contribution is 2.25. The standard InChI is InChI=1S/C26H27N3O4S/c1-4-33-24-14-12-23(13-15-24)29(19-5-18-27)26(30)21-8-10-22(11-9-21)28(3)34(31,32)25-16-6-20(2)7-17-25/h6-17H,4-5,19H2,1-3H3. The van der Waals surface area contributed by atoms with Gasteiger partial charge in [-0.1, -0.05) is 17.7 Å². The number of hydrogen-bond acceptors (Lipinski definition) is 5. The summed E-state index contributed by atoms with van der Waals surface area (Å²) < 4.78 is 32.6. The van der Waals surface area contributed by atoms with Crippen LogP contribution in [-0.2, 0) is 10.0 Å². The molecule has 7 nitrogen and oxygen atoms in total. The van der Waals surface area contributed by atoms with E-state index in [2.05, 4.69) is 6.07 Å². The molecular weight excluding hydrogens is 450 g/mol. The topological polar surface area (TPSA) is 90.7 Å². The van der Waals surface area contributed by atoms with Crippen LogP contribution in [-0.4, -0.2) is 34.5 Å². The molecule has 0 fully saturated rings. The number of benzene rings is 3. The van der Waals surface area contributed by atoms with Crippen LogP contribution in [0, 0.1) is 18.3 Å². The van der Waals surface area contributed by atoms with Gasteiger partial charge in [0.1, 0.15) is 5.75 Å². The Hall–Kier alpha value is -3.83. The predicted octanol–water partition coefficient (Wildman–Crippen LogP) is 4.78. The Balaban J connectivity index is 1.83. The fourth-order valence-corrected chi connectivity index (χ4v) is 4.57. The van der Waals surface area contributed by atoms with Gasteiger partial charge >= 0.3 is 0 Å². The van der Waals surface area contributed by atoms with Crippen LogP contribution in [0.15, 0.2) is 77.7 Å². The average Bonchev–Trinajstić information content (AvgIpc) is 2.85. The van der Waals surface area contributed by atoms with Crippen LogP contribution in [0.1, 0.15) is 29.3 Å². The van der Waals surface area contributed by atoms with Gasteiger partial charge < -0.3 is 9.64 Å². The maximum absolute atomic E-state index is 13.2. The minimum absolute atomic E-state index is 0.175. The van der Waals surface area contributed by atoms with E-state index in [9.17, 15) is 13.2 Å². The van der Waals surface area contributed by atoms with Gasteiger partial charge in [-0.3, -0.25) is 9.10 Å². The molecule has 8 heteroatoms. The normalized spacial score (nSPS) is 10.9. The molecule has 34 heavy (non-hydrogen) atoms. The first kappa shape index (κ1) is 24.8. The molecule has 0 heterocycles. The van der Waals surface area contributed by atoms with Crippen molar-refractivity contribution in [3.8, 4) is 11.8 Å². The summed E-state index contributed by atoms with van der Waals surface area (Å²) in [5.41, 5.74) is 2.43. The van der Waals surface area contributed by atoms with Gasteiger partial charge in [0.05, 0.1) is 29.7 Å². The van der Waals surface area contributed by atoms with Crippen molar-refractivity contribution < 1.29 is 17.9 Å². The van der Waals surface area contributed by atoms with Gasteiger partial charge in [0.25, 0.3) is 15.9 Å². The Morgan fingerprint density at radius 3 is 2.09 bits per heavy atom. The third-order valence-electron chi connectivity index (χ3n) is 5.31. The summed E-state index contributed by atoms with van der Waals surface area (Å²) in [7, 11) is -2.25. The lowest BCUT2D eigenvalue weighted by atomic mass is 10.1. The van der Waals surface area contributed by atoms with E-state index in [1.807, 2.05) is 13.8 Å².